The number of rotatable bonds is 4. The molecule has 1 amide bonds. The van der Waals surface area contributed by atoms with Gasteiger partial charge in [0.15, 0.2) is 0 Å². The SMILES string of the molecule is CC(C)(C)OC(=O)NCC1CCCN1c1ncccc1[N+](=O)[O-]. The number of pyridine rings is 1. The van der Waals surface area contributed by atoms with Crippen molar-refractivity contribution in [1.29, 1.82) is 0 Å². The van der Waals surface area contributed by atoms with Crippen LogP contribution in [0.5, 0.6) is 0 Å². The molecular formula is C15H22N4O4. The molecule has 1 N–H and O–H groups in total. The van der Waals surface area contributed by atoms with E-state index in [2.05, 4.69) is 10.3 Å². The molecular weight excluding hydrogens is 300 g/mol. The predicted molar refractivity (Wildman–Crippen MR) is 85.5 cm³/mol. The molecule has 126 valence electrons. The number of carbonyl (C=O) groups is 1. The van der Waals surface area contributed by atoms with Crippen molar-refractivity contribution in [2.75, 3.05) is 18.0 Å². The molecule has 0 saturated carbocycles. The molecule has 8 heteroatoms. The predicted octanol–water partition coefficient (Wildman–Crippen LogP) is 2.48. The summed E-state index contributed by atoms with van der Waals surface area (Å²) < 4.78 is 5.21. The van der Waals surface area contributed by atoms with Gasteiger partial charge in [-0.3, -0.25) is 10.1 Å². The molecule has 8 nitrogen and oxygen atoms in total. The molecule has 0 aliphatic carbocycles. The minimum atomic E-state index is -0.556. The number of hydrogen-bond acceptors (Lipinski definition) is 6. The van der Waals surface area contributed by atoms with E-state index in [-0.39, 0.29) is 11.7 Å². The minimum Gasteiger partial charge on any atom is -0.444 e. The number of amides is 1. The van der Waals surface area contributed by atoms with Crippen LogP contribution in [-0.2, 0) is 4.74 Å². The van der Waals surface area contributed by atoms with Crippen molar-refractivity contribution in [2.24, 2.45) is 0 Å². The zero-order valence-electron chi connectivity index (χ0n) is 13.6. The molecule has 1 aromatic rings. The van der Waals surface area contributed by atoms with Gasteiger partial charge in [-0.15, -0.1) is 0 Å². The zero-order chi connectivity index (χ0) is 17.0. The summed E-state index contributed by atoms with van der Waals surface area (Å²) in [6.45, 7) is 6.43. The maximum absolute atomic E-state index is 11.8. The first kappa shape index (κ1) is 17.0. The molecule has 0 radical (unpaired) electrons. The van der Waals surface area contributed by atoms with Gasteiger partial charge in [-0.2, -0.15) is 0 Å². The summed E-state index contributed by atoms with van der Waals surface area (Å²) in [6.07, 6.45) is 2.79. The Morgan fingerprint density at radius 2 is 2.30 bits per heavy atom. The topological polar surface area (TPSA) is 97.6 Å². The van der Waals surface area contributed by atoms with Gasteiger partial charge in [0.2, 0.25) is 5.82 Å². The molecule has 2 rings (SSSR count). The van der Waals surface area contributed by atoms with E-state index in [1.165, 1.54) is 6.07 Å². The van der Waals surface area contributed by atoms with Gasteiger partial charge in [0.25, 0.3) is 0 Å². The third kappa shape index (κ3) is 4.54. The fourth-order valence-corrected chi connectivity index (χ4v) is 2.59. The van der Waals surface area contributed by atoms with Gasteiger partial charge in [-0.1, -0.05) is 0 Å². The Balaban J connectivity index is 2.04. The molecule has 1 aliphatic heterocycles. The van der Waals surface area contributed by atoms with E-state index in [9.17, 15) is 14.9 Å². The van der Waals surface area contributed by atoms with Gasteiger partial charge in [-0.25, -0.2) is 9.78 Å². The van der Waals surface area contributed by atoms with Gasteiger partial charge in [0, 0.05) is 31.4 Å². The van der Waals surface area contributed by atoms with Gasteiger partial charge >= 0.3 is 11.8 Å². The number of aromatic nitrogens is 1. The maximum Gasteiger partial charge on any atom is 0.407 e. The average Bonchev–Trinajstić information content (AvgIpc) is 2.91. The lowest BCUT2D eigenvalue weighted by Crippen LogP contribution is -2.42. The second-order valence-electron chi connectivity index (χ2n) is 6.48. The van der Waals surface area contributed by atoms with E-state index in [0.29, 0.717) is 18.9 Å². The summed E-state index contributed by atoms with van der Waals surface area (Å²) in [7, 11) is 0. The van der Waals surface area contributed by atoms with E-state index in [4.69, 9.17) is 4.74 Å². The lowest BCUT2D eigenvalue weighted by molar-refractivity contribution is -0.384. The van der Waals surface area contributed by atoms with Crippen LogP contribution in [0.15, 0.2) is 18.3 Å². The highest BCUT2D eigenvalue weighted by molar-refractivity contribution is 5.68. The highest BCUT2D eigenvalue weighted by Gasteiger charge is 2.31. The highest BCUT2D eigenvalue weighted by atomic mass is 16.6. The normalized spacial score (nSPS) is 17.9. The maximum atomic E-state index is 11.8. The van der Waals surface area contributed by atoms with Crippen molar-refractivity contribution >= 4 is 17.6 Å². The van der Waals surface area contributed by atoms with Crippen LogP contribution < -0.4 is 10.2 Å². The molecule has 1 unspecified atom stereocenters. The third-order valence-corrected chi connectivity index (χ3v) is 3.49. The summed E-state index contributed by atoms with van der Waals surface area (Å²) in [5, 5.41) is 13.9. The first-order valence-electron chi connectivity index (χ1n) is 7.61. The number of nitrogens with one attached hydrogen (secondary N) is 1. The van der Waals surface area contributed by atoms with Crippen molar-refractivity contribution in [1.82, 2.24) is 10.3 Å². The number of hydrogen-bond donors (Lipinski definition) is 1. The smallest absolute Gasteiger partial charge is 0.407 e. The van der Waals surface area contributed by atoms with Crippen molar-refractivity contribution in [3.63, 3.8) is 0 Å². The fourth-order valence-electron chi connectivity index (χ4n) is 2.59. The Labute approximate surface area is 135 Å². The molecule has 1 aromatic heterocycles. The lowest BCUT2D eigenvalue weighted by Gasteiger charge is -2.26. The molecule has 23 heavy (non-hydrogen) atoms. The number of alkyl carbamates (subject to hydrolysis) is 1. The van der Waals surface area contributed by atoms with Gasteiger partial charge < -0.3 is 15.0 Å². The number of nitro groups is 1. The van der Waals surface area contributed by atoms with E-state index in [1.54, 1.807) is 33.0 Å². The molecule has 2 heterocycles. The van der Waals surface area contributed by atoms with Crippen LogP contribution in [0.1, 0.15) is 33.6 Å². The first-order chi connectivity index (χ1) is 10.8. The molecule has 1 atom stereocenters. The van der Waals surface area contributed by atoms with E-state index in [0.717, 1.165) is 12.8 Å². The monoisotopic (exact) mass is 322 g/mol. The van der Waals surface area contributed by atoms with Crippen LogP contribution in [0.4, 0.5) is 16.3 Å². The Hall–Kier alpha value is -2.38. The molecule has 0 spiro atoms. The minimum absolute atomic E-state index is 0.0170. The average molecular weight is 322 g/mol. The second-order valence-corrected chi connectivity index (χ2v) is 6.48. The molecule has 0 aromatic carbocycles. The van der Waals surface area contributed by atoms with Crippen LogP contribution >= 0.6 is 0 Å². The summed E-state index contributed by atoms with van der Waals surface area (Å²) >= 11 is 0. The standard InChI is InChI=1S/C15H22N4O4/c1-15(2,3)23-14(20)17-10-11-6-5-9-18(11)13-12(19(21)22)7-4-8-16-13/h4,7-8,11H,5-6,9-10H2,1-3H3,(H,17,20). The van der Waals surface area contributed by atoms with Gasteiger partial charge in [0.05, 0.1) is 4.92 Å². The van der Waals surface area contributed by atoms with Crippen LogP contribution in [0.2, 0.25) is 0 Å². The van der Waals surface area contributed by atoms with Crippen molar-refractivity contribution in [2.45, 2.75) is 45.3 Å². The van der Waals surface area contributed by atoms with Crippen LogP contribution in [0.3, 0.4) is 0 Å². The Morgan fingerprint density at radius 3 is 2.96 bits per heavy atom. The third-order valence-electron chi connectivity index (χ3n) is 3.49. The van der Waals surface area contributed by atoms with E-state index in [1.807, 2.05) is 4.90 Å². The molecule has 0 bridgehead atoms. The molecule has 1 saturated heterocycles. The second kappa shape index (κ2) is 6.80. The zero-order valence-corrected chi connectivity index (χ0v) is 13.6. The van der Waals surface area contributed by atoms with Gasteiger partial charge in [-0.05, 0) is 39.7 Å². The largest absolute Gasteiger partial charge is 0.444 e. The number of anilines is 1. The quantitative estimate of drug-likeness (QED) is 0.675. The van der Waals surface area contributed by atoms with E-state index >= 15 is 0 Å². The summed E-state index contributed by atoms with van der Waals surface area (Å²) in [5.41, 5.74) is -0.573. The fraction of sp³-hybridized carbons (Fsp3) is 0.600. The van der Waals surface area contributed by atoms with Gasteiger partial charge in [0.1, 0.15) is 5.60 Å². The molecule has 1 fully saturated rings. The summed E-state index contributed by atoms with van der Waals surface area (Å²) in [6, 6.07) is 2.96. The van der Waals surface area contributed by atoms with Crippen LogP contribution in [0, 0.1) is 10.1 Å². The summed E-state index contributed by atoms with van der Waals surface area (Å²) in [5.74, 6) is 0.353. The number of carbonyl (C=O) groups excluding carboxylic acids is 1. The van der Waals surface area contributed by atoms with Crippen LogP contribution in [-0.4, -0.2) is 40.7 Å². The Morgan fingerprint density at radius 1 is 1.57 bits per heavy atom. The van der Waals surface area contributed by atoms with Crippen molar-refractivity contribution in [3.8, 4) is 0 Å². The van der Waals surface area contributed by atoms with Crippen molar-refractivity contribution in [3.05, 3.63) is 28.4 Å². The number of nitrogens with zero attached hydrogens (tertiary/aromatic N) is 3. The number of ether oxygens (including phenoxy) is 1. The Kier molecular flexibility index (Phi) is 5.02. The van der Waals surface area contributed by atoms with Crippen molar-refractivity contribution < 1.29 is 14.5 Å². The highest BCUT2D eigenvalue weighted by Crippen LogP contribution is 2.30. The van der Waals surface area contributed by atoms with Crippen LogP contribution in [0.25, 0.3) is 0 Å². The summed E-state index contributed by atoms with van der Waals surface area (Å²) in [4.78, 5) is 28.5. The first-order valence-corrected chi connectivity index (χ1v) is 7.61. The molecule has 1 aliphatic rings. The Bertz CT molecular complexity index is 585. The van der Waals surface area contributed by atoms with E-state index < -0.39 is 16.6 Å². The lowest BCUT2D eigenvalue weighted by atomic mass is 10.2.